The van der Waals surface area contributed by atoms with Crippen molar-refractivity contribution in [1.82, 2.24) is 0 Å². The molecular formula is C68H54N2O3. The van der Waals surface area contributed by atoms with E-state index < -0.39 is 0 Å². The molecule has 3 aromatic heterocycles. The number of rotatable bonds is 8. The summed E-state index contributed by atoms with van der Waals surface area (Å²) < 4.78 is 21.7. The standard InChI is InChI=1S/C68H54N2O3/c1-41-31-35-45(36-32-41)69(59-29-13-27-55-53-25-11-23-47(43-15-3-4-16-43)63(53)72-67(55)59)61-39-57-58-40-62(50-20-8-10-22-52(50)66(58)71-65(57)51-21-9-7-19-49(51)61)70(46-37-33-42(2)34-38-46)60-30-14-28-56-54-26-12-24-48(44-17-5-6-18-44)64(54)73-68(56)60/h7-14,19-40,43-44H,3-6,15-18H2,1-2H3. The number of furan rings is 3. The van der Waals surface area contributed by atoms with E-state index in [4.69, 9.17) is 13.3 Å². The van der Waals surface area contributed by atoms with Crippen LogP contribution in [0.2, 0.25) is 0 Å². The van der Waals surface area contributed by atoms with Gasteiger partial charge in [0, 0.05) is 65.2 Å². The van der Waals surface area contributed by atoms with Gasteiger partial charge >= 0.3 is 0 Å². The molecule has 5 heteroatoms. The molecule has 3 heterocycles. The molecule has 2 saturated carbocycles. The molecule has 2 aliphatic carbocycles. The summed E-state index contributed by atoms with van der Waals surface area (Å²) in [5, 5.41) is 11.0. The molecular weight excluding hydrogens is 893 g/mol. The zero-order valence-corrected chi connectivity index (χ0v) is 41.3. The lowest BCUT2D eigenvalue weighted by Crippen LogP contribution is -2.11. The molecule has 354 valence electrons. The number of fused-ring (bicyclic) bond motifs is 13. The number of hydrogen-bond donors (Lipinski definition) is 0. The largest absolute Gasteiger partial charge is 0.455 e. The molecule has 2 fully saturated rings. The summed E-state index contributed by atoms with van der Waals surface area (Å²) in [5.41, 5.74) is 16.8. The molecule has 0 saturated heterocycles. The minimum absolute atomic E-state index is 0.519. The number of aryl methyl sites for hydroxylation is 2. The quantitative estimate of drug-likeness (QED) is 0.152. The topological polar surface area (TPSA) is 45.9 Å². The third kappa shape index (κ3) is 6.60. The summed E-state index contributed by atoms with van der Waals surface area (Å²) in [6.45, 7) is 4.31. The number of para-hydroxylation sites is 4. The number of nitrogens with zero attached hydrogens (tertiary/aromatic N) is 2. The van der Waals surface area contributed by atoms with Crippen LogP contribution in [-0.2, 0) is 0 Å². The summed E-state index contributed by atoms with van der Waals surface area (Å²) in [4.78, 5) is 4.84. The molecule has 0 unspecified atom stereocenters. The second-order valence-corrected chi connectivity index (χ2v) is 21.0. The number of anilines is 6. The Hall–Kier alpha value is -8.28. The molecule has 0 bridgehead atoms. The molecule has 15 rings (SSSR count). The van der Waals surface area contributed by atoms with Crippen LogP contribution < -0.4 is 9.80 Å². The molecule has 2 aliphatic rings. The van der Waals surface area contributed by atoms with Gasteiger partial charge in [-0.05, 0) is 111 Å². The van der Waals surface area contributed by atoms with Gasteiger partial charge in [-0.1, -0.05) is 170 Å². The van der Waals surface area contributed by atoms with Crippen molar-refractivity contribution in [2.24, 2.45) is 0 Å². The first-order valence-electron chi connectivity index (χ1n) is 26.5. The summed E-state index contributed by atoms with van der Waals surface area (Å²) >= 11 is 0. The maximum Gasteiger partial charge on any atom is 0.159 e. The zero-order valence-electron chi connectivity index (χ0n) is 41.3. The molecule has 13 aromatic rings. The zero-order chi connectivity index (χ0) is 48.3. The molecule has 0 N–H and O–H groups in total. The molecule has 10 aromatic carbocycles. The van der Waals surface area contributed by atoms with Crippen molar-refractivity contribution < 1.29 is 13.3 Å². The average Bonchev–Trinajstić information content (AvgIpc) is 4.31. The van der Waals surface area contributed by atoms with Crippen molar-refractivity contribution in [3.05, 3.63) is 204 Å². The Bertz CT molecular complexity index is 4040. The highest BCUT2D eigenvalue weighted by molar-refractivity contribution is 6.26. The maximum absolute atomic E-state index is 7.27. The minimum atomic E-state index is 0.519. The molecule has 0 radical (unpaired) electrons. The fraction of sp³-hybridized carbons (Fsp3) is 0.176. The predicted molar refractivity (Wildman–Crippen MR) is 305 cm³/mol. The van der Waals surface area contributed by atoms with E-state index in [1.54, 1.807) is 0 Å². The van der Waals surface area contributed by atoms with E-state index in [0.29, 0.717) is 11.8 Å². The predicted octanol–water partition coefficient (Wildman–Crippen LogP) is 20.6. The maximum atomic E-state index is 7.27. The van der Waals surface area contributed by atoms with Crippen LogP contribution in [0.3, 0.4) is 0 Å². The van der Waals surface area contributed by atoms with Crippen LogP contribution in [0, 0.1) is 13.8 Å². The minimum Gasteiger partial charge on any atom is -0.455 e. The lowest BCUT2D eigenvalue weighted by Gasteiger charge is -2.27. The highest BCUT2D eigenvalue weighted by Gasteiger charge is 2.29. The molecule has 73 heavy (non-hydrogen) atoms. The van der Waals surface area contributed by atoms with Crippen molar-refractivity contribution in [2.75, 3.05) is 9.80 Å². The first kappa shape index (κ1) is 42.4. The molecule has 0 atom stereocenters. The van der Waals surface area contributed by atoms with Crippen molar-refractivity contribution in [1.29, 1.82) is 0 Å². The summed E-state index contributed by atoms with van der Waals surface area (Å²) in [6.07, 6.45) is 9.91. The van der Waals surface area contributed by atoms with Crippen LogP contribution in [0.15, 0.2) is 195 Å². The third-order valence-corrected chi connectivity index (χ3v) is 16.6. The van der Waals surface area contributed by atoms with Gasteiger partial charge in [0.1, 0.15) is 22.3 Å². The van der Waals surface area contributed by atoms with E-state index in [9.17, 15) is 0 Å². The Morgan fingerprint density at radius 3 is 1.04 bits per heavy atom. The van der Waals surface area contributed by atoms with Gasteiger partial charge < -0.3 is 23.1 Å². The average molecular weight is 947 g/mol. The monoisotopic (exact) mass is 946 g/mol. The normalized spacial score (nSPS) is 14.7. The van der Waals surface area contributed by atoms with Gasteiger partial charge in [-0.3, -0.25) is 0 Å². The Morgan fingerprint density at radius 1 is 0.301 bits per heavy atom. The lowest BCUT2D eigenvalue weighted by atomic mass is 9.95. The van der Waals surface area contributed by atoms with Crippen LogP contribution in [0.1, 0.15) is 85.5 Å². The Balaban J connectivity index is 1.01. The van der Waals surface area contributed by atoms with Crippen molar-refractivity contribution in [3.63, 3.8) is 0 Å². The van der Waals surface area contributed by atoms with Gasteiger partial charge in [0.2, 0.25) is 0 Å². The smallest absolute Gasteiger partial charge is 0.159 e. The van der Waals surface area contributed by atoms with Crippen LogP contribution in [0.4, 0.5) is 34.1 Å². The van der Waals surface area contributed by atoms with Crippen molar-refractivity contribution >= 4 is 121 Å². The van der Waals surface area contributed by atoms with Gasteiger partial charge in [-0.2, -0.15) is 0 Å². The summed E-state index contributed by atoms with van der Waals surface area (Å²) in [5.74, 6) is 1.04. The second kappa shape index (κ2) is 16.6. The van der Waals surface area contributed by atoms with Gasteiger partial charge in [-0.25, -0.2) is 0 Å². The van der Waals surface area contributed by atoms with E-state index in [-0.39, 0.29) is 0 Å². The lowest BCUT2D eigenvalue weighted by molar-refractivity contribution is 0.643. The van der Waals surface area contributed by atoms with Crippen LogP contribution in [-0.4, -0.2) is 0 Å². The second-order valence-electron chi connectivity index (χ2n) is 21.0. The SMILES string of the molecule is Cc1ccc(N(c2cc3c4cc(N(c5ccc(C)cc5)c5cccc6c5oc5c(C7CCCC7)cccc56)c5ccccc5c4oc3c3ccccc23)c2cccc3c2oc2c(C4CCCC4)cccc23)cc1. The fourth-order valence-corrected chi connectivity index (χ4v) is 13.1. The fourth-order valence-electron chi connectivity index (χ4n) is 13.1. The van der Waals surface area contributed by atoms with Crippen molar-refractivity contribution in [2.45, 2.75) is 77.0 Å². The number of benzene rings is 10. The van der Waals surface area contributed by atoms with Gasteiger partial charge in [0.25, 0.3) is 0 Å². The van der Waals surface area contributed by atoms with Crippen molar-refractivity contribution in [3.8, 4) is 0 Å². The third-order valence-electron chi connectivity index (χ3n) is 16.6. The van der Waals surface area contributed by atoms with Gasteiger partial charge in [0.05, 0.1) is 22.7 Å². The van der Waals surface area contributed by atoms with E-state index in [2.05, 4.69) is 206 Å². The summed E-state index contributed by atoms with van der Waals surface area (Å²) in [6, 6.07) is 66.9. The van der Waals surface area contributed by atoms with Crippen LogP contribution >= 0.6 is 0 Å². The highest BCUT2D eigenvalue weighted by atomic mass is 16.3. The first-order valence-corrected chi connectivity index (χ1v) is 26.5. The van der Waals surface area contributed by atoms with E-state index in [1.165, 1.54) is 84.4 Å². The molecule has 0 amide bonds. The Labute approximate surface area is 423 Å². The molecule has 0 aliphatic heterocycles. The van der Waals surface area contributed by atoms with Gasteiger partial charge in [-0.15, -0.1) is 0 Å². The van der Waals surface area contributed by atoms with E-state index >= 15 is 0 Å². The van der Waals surface area contributed by atoms with Crippen LogP contribution in [0.5, 0.6) is 0 Å². The molecule has 5 nitrogen and oxygen atoms in total. The van der Waals surface area contributed by atoms with E-state index in [1.807, 2.05) is 0 Å². The Kier molecular flexibility index (Phi) is 9.67. The van der Waals surface area contributed by atoms with Gasteiger partial charge in [0.15, 0.2) is 11.2 Å². The van der Waals surface area contributed by atoms with E-state index in [0.717, 1.165) is 111 Å². The molecule has 0 spiro atoms. The number of hydrogen-bond acceptors (Lipinski definition) is 5. The first-order chi connectivity index (χ1) is 36.0. The summed E-state index contributed by atoms with van der Waals surface area (Å²) in [7, 11) is 0. The Morgan fingerprint density at radius 2 is 0.630 bits per heavy atom. The van der Waals surface area contributed by atoms with Crippen LogP contribution in [0.25, 0.3) is 87.4 Å². The highest BCUT2D eigenvalue weighted by Crippen LogP contribution is 2.52.